The maximum atomic E-state index is 14.0. The molecule has 1 aromatic carbocycles. The fourth-order valence-electron chi connectivity index (χ4n) is 1.54. The van der Waals surface area contributed by atoms with Gasteiger partial charge in [-0.3, -0.25) is 0 Å². The maximum absolute atomic E-state index is 14.0. The van der Waals surface area contributed by atoms with Gasteiger partial charge in [-0.1, -0.05) is 11.6 Å². The van der Waals surface area contributed by atoms with E-state index in [1.807, 2.05) is 0 Å². The lowest BCUT2D eigenvalue weighted by Crippen LogP contribution is -2.49. The van der Waals surface area contributed by atoms with Crippen LogP contribution in [0.25, 0.3) is 0 Å². The Morgan fingerprint density at radius 1 is 0.909 bits per heavy atom. The molecular weight excluding hydrogens is 420 g/mol. The molecule has 0 saturated heterocycles. The maximum Gasteiger partial charge on any atom is 0.433 e. The van der Waals surface area contributed by atoms with Gasteiger partial charge in [0.15, 0.2) is 0 Å². The van der Waals surface area contributed by atoms with Crippen molar-refractivity contribution in [2.45, 2.75) is 22.9 Å². The zero-order valence-electron chi connectivity index (χ0n) is 9.89. The zero-order chi connectivity index (χ0) is 17.7. The summed E-state index contributed by atoms with van der Waals surface area (Å²) in [7, 11) is 0. The van der Waals surface area contributed by atoms with Crippen LogP contribution >= 0.6 is 27.5 Å². The van der Waals surface area contributed by atoms with Gasteiger partial charge >= 0.3 is 22.9 Å². The van der Waals surface area contributed by atoms with Crippen molar-refractivity contribution < 1.29 is 39.5 Å². The van der Waals surface area contributed by atoms with E-state index in [9.17, 15) is 39.5 Å². The second kappa shape index (κ2) is 5.36. The predicted molar refractivity (Wildman–Crippen MR) is 63.6 cm³/mol. The summed E-state index contributed by atoms with van der Waals surface area (Å²) >= 11 is 6.42. The monoisotopic (exact) mass is 423 g/mol. The zero-order valence-corrected chi connectivity index (χ0v) is 12.2. The Morgan fingerprint density at radius 3 is 1.68 bits per heavy atom. The third-order valence-corrected chi connectivity index (χ3v) is 3.47. The van der Waals surface area contributed by atoms with Crippen LogP contribution in [-0.4, -0.2) is 11.0 Å². The molecule has 0 aliphatic heterocycles. The average Bonchev–Trinajstić information content (AvgIpc) is 2.26. The fourth-order valence-corrected chi connectivity index (χ4v) is 2.21. The third-order valence-electron chi connectivity index (χ3n) is 2.61. The fraction of sp³-hybridized carbons (Fsp3) is 0.400. The van der Waals surface area contributed by atoms with Crippen molar-refractivity contribution in [2.75, 3.05) is 5.73 Å². The summed E-state index contributed by atoms with van der Waals surface area (Å²) in [5.41, 5.74) is -5.71. The molecule has 22 heavy (non-hydrogen) atoms. The molecule has 0 amide bonds. The van der Waals surface area contributed by atoms with Crippen LogP contribution in [0.5, 0.6) is 0 Å². The predicted octanol–water partition coefficient (Wildman–Crippen LogP) is 5.66. The molecule has 0 saturated carbocycles. The van der Waals surface area contributed by atoms with Crippen LogP contribution in [0.15, 0.2) is 12.1 Å². The Kier molecular flexibility index (Phi) is 4.68. The highest BCUT2D eigenvalue weighted by atomic mass is 79.9. The molecular formula is C10H4BrClF9N. The minimum atomic E-state index is -6.23. The molecule has 0 aromatic heterocycles. The Balaban J connectivity index is 3.78. The number of halogens is 11. The number of alkyl halides is 10. The van der Waals surface area contributed by atoms with Gasteiger partial charge in [-0.15, -0.1) is 0 Å². The molecule has 1 unspecified atom stereocenters. The highest BCUT2D eigenvalue weighted by Gasteiger charge is 2.71. The highest BCUT2D eigenvalue weighted by molar-refractivity contribution is 9.10. The Hall–Kier alpha value is -0.840. The van der Waals surface area contributed by atoms with E-state index in [2.05, 4.69) is 0 Å². The van der Waals surface area contributed by atoms with Gasteiger partial charge in [0.1, 0.15) is 0 Å². The van der Waals surface area contributed by atoms with E-state index in [0.717, 1.165) is 0 Å². The highest BCUT2D eigenvalue weighted by Crippen LogP contribution is 2.56. The van der Waals surface area contributed by atoms with Crippen LogP contribution in [0.4, 0.5) is 45.2 Å². The quantitative estimate of drug-likeness (QED) is 0.370. The lowest BCUT2D eigenvalue weighted by atomic mass is 9.93. The molecule has 0 bridgehead atoms. The first kappa shape index (κ1) is 19.2. The lowest BCUT2D eigenvalue weighted by Gasteiger charge is -2.32. The van der Waals surface area contributed by atoms with E-state index in [4.69, 9.17) is 17.3 Å². The van der Waals surface area contributed by atoms with E-state index in [1.54, 1.807) is 0 Å². The average molecular weight is 424 g/mol. The molecule has 1 rings (SSSR count). The number of anilines is 1. The Labute approximate surface area is 130 Å². The molecule has 0 fully saturated rings. The van der Waals surface area contributed by atoms with Crippen molar-refractivity contribution >= 4 is 33.2 Å². The minimum absolute atomic E-state index is 0.0329. The molecule has 0 aliphatic carbocycles. The van der Waals surface area contributed by atoms with Crippen molar-refractivity contribution in [3.63, 3.8) is 0 Å². The second-order valence-corrected chi connectivity index (χ2v) is 5.47. The third kappa shape index (κ3) is 3.10. The molecule has 0 aliphatic rings. The number of hydrogen-bond acceptors (Lipinski definition) is 1. The minimum Gasteiger partial charge on any atom is -0.397 e. The van der Waals surface area contributed by atoms with Crippen molar-refractivity contribution in [1.82, 2.24) is 0 Å². The first-order valence-electron chi connectivity index (χ1n) is 5.02. The van der Waals surface area contributed by atoms with Gasteiger partial charge in [0.05, 0.1) is 16.3 Å². The number of nitrogens with two attached hydrogens (primary N) is 1. The van der Waals surface area contributed by atoms with Crippen LogP contribution in [0.2, 0.25) is 5.02 Å². The van der Waals surface area contributed by atoms with Crippen LogP contribution in [0, 0.1) is 0 Å². The summed E-state index contributed by atoms with van der Waals surface area (Å²) in [5.74, 6) is 0. The molecule has 0 radical (unpaired) electrons. The summed E-state index contributed by atoms with van der Waals surface area (Å²) in [5, 5.41) is -1.15. The molecule has 126 valence electrons. The normalized spacial score (nSPS) is 16.5. The van der Waals surface area contributed by atoms with E-state index in [-0.39, 0.29) is 6.07 Å². The van der Waals surface area contributed by atoms with Gasteiger partial charge < -0.3 is 5.73 Å². The Morgan fingerprint density at radius 2 is 1.36 bits per heavy atom. The van der Waals surface area contributed by atoms with Gasteiger partial charge in [-0.2, -0.15) is 35.1 Å². The SMILES string of the molecule is Nc1c(Cl)cc(C(F)(C(F)(F)F)C(F)(F)Br)cc1C(F)(F)F. The van der Waals surface area contributed by atoms with E-state index >= 15 is 0 Å². The largest absolute Gasteiger partial charge is 0.433 e. The molecule has 1 nitrogen and oxygen atoms in total. The van der Waals surface area contributed by atoms with Gasteiger partial charge in [-0.25, -0.2) is 4.39 Å². The van der Waals surface area contributed by atoms with E-state index in [0.29, 0.717) is 0 Å². The van der Waals surface area contributed by atoms with E-state index in [1.165, 1.54) is 15.9 Å². The van der Waals surface area contributed by atoms with Gasteiger partial charge in [0.2, 0.25) is 0 Å². The summed E-state index contributed by atoms with van der Waals surface area (Å²) < 4.78 is 116. The summed E-state index contributed by atoms with van der Waals surface area (Å²) in [6.07, 6.45) is -11.6. The van der Waals surface area contributed by atoms with Crippen molar-refractivity contribution in [2.24, 2.45) is 0 Å². The first-order chi connectivity index (χ1) is 9.53. The number of nitrogen functional groups attached to an aromatic ring is 1. The van der Waals surface area contributed by atoms with Crippen molar-refractivity contribution in [3.05, 3.63) is 28.3 Å². The van der Waals surface area contributed by atoms with Gasteiger partial charge in [0, 0.05) is 5.56 Å². The van der Waals surface area contributed by atoms with Crippen molar-refractivity contribution in [3.8, 4) is 0 Å². The smallest absolute Gasteiger partial charge is 0.397 e. The van der Waals surface area contributed by atoms with Crippen molar-refractivity contribution in [1.29, 1.82) is 0 Å². The molecule has 2 N–H and O–H groups in total. The molecule has 1 atom stereocenters. The van der Waals surface area contributed by atoms with Crippen LogP contribution in [0.1, 0.15) is 11.1 Å². The lowest BCUT2D eigenvalue weighted by molar-refractivity contribution is -0.282. The van der Waals surface area contributed by atoms with E-state index < -0.39 is 50.8 Å². The number of hydrogen-bond donors (Lipinski definition) is 1. The standard InChI is InChI=1S/C10H4BrClF9N/c11-9(17,18)7(13,10(19,20)21)3-1-4(8(14,15)16)6(22)5(12)2-3/h1-2H,22H2. The van der Waals surface area contributed by atoms with Crippen LogP contribution < -0.4 is 5.73 Å². The summed E-state index contributed by atoms with van der Waals surface area (Å²) in [4.78, 5) is -5.25. The van der Waals surface area contributed by atoms with Crippen LogP contribution in [0.3, 0.4) is 0 Å². The Bertz CT molecular complexity index is 561. The molecule has 0 spiro atoms. The number of benzene rings is 1. The van der Waals surface area contributed by atoms with Crippen LogP contribution in [-0.2, 0) is 11.8 Å². The topological polar surface area (TPSA) is 26.0 Å². The first-order valence-corrected chi connectivity index (χ1v) is 6.19. The molecule has 1 aromatic rings. The van der Waals surface area contributed by atoms with Gasteiger partial charge in [0.25, 0.3) is 0 Å². The summed E-state index contributed by atoms with van der Waals surface area (Å²) in [6, 6.07) is -0.487. The van der Waals surface area contributed by atoms with Gasteiger partial charge in [-0.05, 0) is 28.1 Å². The number of rotatable bonds is 2. The second-order valence-electron chi connectivity index (χ2n) is 4.07. The molecule has 0 heterocycles. The molecule has 12 heteroatoms. The summed E-state index contributed by atoms with van der Waals surface area (Å²) in [6.45, 7) is 0.